The lowest BCUT2D eigenvalue weighted by Gasteiger charge is -2.32. The van der Waals surface area contributed by atoms with Crippen LogP contribution in [0.5, 0.6) is 0 Å². The lowest BCUT2D eigenvalue weighted by molar-refractivity contribution is 0.189. The summed E-state index contributed by atoms with van der Waals surface area (Å²) in [6.45, 7) is 8.55. The number of carbonyl (C=O) groups is 1. The predicted octanol–water partition coefficient (Wildman–Crippen LogP) is 3.47. The first-order valence-corrected chi connectivity index (χ1v) is 13.7. The van der Waals surface area contributed by atoms with Crippen molar-refractivity contribution in [2.24, 2.45) is 0 Å². The first-order valence-electron chi connectivity index (χ1n) is 11.8. The van der Waals surface area contributed by atoms with Crippen LogP contribution in [-0.2, 0) is 21.8 Å². The Hall–Kier alpha value is -2.46. The second-order valence-corrected chi connectivity index (χ2v) is 12.7. The van der Waals surface area contributed by atoms with Crippen molar-refractivity contribution in [3.05, 3.63) is 47.4 Å². The van der Waals surface area contributed by atoms with Crippen LogP contribution >= 0.6 is 0 Å². The van der Waals surface area contributed by atoms with Gasteiger partial charge in [0.05, 0.1) is 23.2 Å². The van der Waals surface area contributed by atoms with Crippen LogP contribution in [-0.4, -0.2) is 59.8 Å². The molecule has 2 aromatic rings. The number of aromatic nitrogens is 2. The minimum atomic E-state index is -3.08. The molecule has 1 atom stereocenters. The van der Waals surface area contributed by atoms with Gasteiger partial charge in [0, 0.05) is 37.2 Å². The van der Waals surface area contributed by atoms with E-state index in [4.69, 9.17) is 0 Å². The summed E-state index contributed by atoms with van der Waals surface area (Å²) in [6, 6.07) is 7.88. The van der Waals surface area contributed by atoms with E-state index in [2.05, 4.69) is 20.6 Å². The van der Waals surface area contributed by atoms with Gasteiger partial charge in [0.1, 0.15) is 11.6 Å². The lowest BCUT2D eigenvalue weighted by atomic mass is 9.92. The Morgan fingerprint density at radius 1 is 1.15 bits per heavy atom. The highest BCUT2D eigenvalue weighted by atomic mass is 32.2. The summed E-state index contributed by atoms with van der Waals surface area (Å²) in [5, 5.41) is 10.6. The fraction of sp³-hybridized carbons (Fsp3) is 0.583. The molecule has 0 radical (unpaired) electrons. The number of sulfone groups is 1. The normalized spacial score (nSPS) is 21.5. The van der Waals surface area contributed by atoms with Crippen LogP contribution < -0.4 is 10.6 Å². The zero-order valence-corrected chi connectivity index (χ0v) is 20.9. The third kappa shape index (κ3) is 6.15. The van der Waals surface area contributed by atoms with Gasteiger partial charge in [-0.15, -0.1) is 0 Å². The molecule has 10 heteroatoms. The number of urea groups is 1. The van der Waals surface area contributed by atoms with Gasteiger partial charge in [0.2, 0.25) is 0 Å². The molecule has 0 unspecified atom stereocenters. The van der Waals surface area contributed by atoms with Gasteiger partial charge in [-0.2, -0.15) is 5.10 Å². The van der Waals surface area contributed by atoms with E-state index >= 15 is 0 Å². The number of hydrogen-bond donors (Lipinski definition) is 2. The molecule has 2 aliphatic heterocycles. The number of halogens is 1. The quantitative estimate of drug-likeness (QED) is 0.668. The molecule has 4 rings (SSSR count). The highest BCUT2D eigenvalue weighted by Crippen LogP contribution is 2.31. The zero-order valence-electron chi connectivity index (χ0n) is 20.1. The van der Waals surface area contributed by atoms with Crippen molar-refractivity contribution in [3.8, 4) is 0 Å². The maximum absolute atomic E-state index is 13.1. The van der Waals surface area contributed by atoms with Gasteiger partial charge < -0.3 is 5.32 Å². The highest BCUT2D eigenvalue weighted by Gasteiger charge is 2.33. The molecule has 2 amide bonds. The van der Waals surface area contributed by atoms with Crippen molar-refractivity contribution in [3.63, 3.8) is 0 Å². The van der Waals surface area contributed by atoms with Gasteiger partial charge >= 0.3 is 6.03 Å². The summed E-state index contributed by atoms with van der Waals surface area (Å²) in [7, 11) is -3.08. The van der Waals surface area contributed by atoms with Crippen molar-refractivity contribution in [2.45, 2.75) is 64.1 Å². The maximum atomic E-state index is 13.1. The Morgan fingerprint density at radius 2 is 1.82 bits per heavy atom. The van der Waals surface area contributed by atoms with Gasteiger partial charge in [0.15, 0.2) is 9.84 Å². The minimum Gasteiger partial charge on any atom is -0.335 e. The van der Waals surface area contributed by atoms with Crippen LogP contribution in [0.15, 0.2) is 30.3 Å². The van der Waals surface area contributed by atoms with Crippen molar-refractivity contribution in [1.82, 2.24) is 20.0 Å². The molecule has 2 fully saturated rings. The maximum Gasteiger partial charge on any atom is 0.320 e. The van der Waals surface area contributed by atoms with E-state index in [-0.39, 0.29) is 40.9 Å². The Bertz CT molecular complexity index is 1120. The molecule has 1 aromatic carbocycles. The smallest absolute Gasteiger partial charge is 0.320 e. The number of likely N-dealkylation sites (tertiary alicyclic amines) is 1. The number of benzene rings is 1. The molecular weight excluding hydrogens is 457 g/mol. The van der Waals surface area contributed by atoms with E-state index in [0.29, 0.717) is 12.2 Å². The fourth-order valence-electron chi connectivity index (χ4n) is 4.52. The van der Waals surface area contributed by atoms with E-state index < -0.39 is 9.84 Å². The average molecular weight is 492 g/mol. The van der Waals surface area contributed by atoms with Crippen molar-refractivity contribution in [1.29, 1.82) is 0 Å². The topological polar surface area (TPSA) is 96.3 Å². The number of amides is 2. The molecule has 1 aromatic heterocycles. The standard InChI is InChI=1S/C24H34FN5O3S/c1-24(2,3)21-14-22(30(28-21)20-10-13-34(32,33)16-20)27-23(31)26-19-8-11-29(12-9-19)15-17-4-6-18(25)7-5-17/h4-7,14,19-20H,8-13,15-16H2,1-3H3,(H2,26,27,31)/t20-/m0/s1. The van der Waals surface area contributed by atoms with Crippen LogP contribution in [0, 0.1) is 5.82 Å². The second kappa shape index (κ2) is 9.65. The van der Waals surface area contributed by atoms with Gasteiger partial charge in [-0.25, -0.2) is 22.3 Å². The Labute approximate surface area is 200 Å². The van der Waals surface area contributed by atoms with Gasteiger partial charge in [-0.05, 0) is 37.0 Å². The SMILES string of the molecule is CC(C)(C)c1cc(NC(=O)NC2CCN(Cc3ccc(F)cc3)CC2)n([C@H]2CCS(=O)(=O)C2)n1. The first kappa shape index (κ1) is 24.7. The van der Waals surface area contributed by atoms with E-state index in [1.54, 1.807) is 16.8 Å². The number of nitrogens with one attached hydrogen (secondary N) is 2. The summed E-state index contributed by atoms with van der Waals surface area (Å²) >= 11 is 0. The third-order valence-electron chi connectivity index (χ3n) is 6.54. The monoisotopic (exact) mass is 491 g/mol. The Kier molecular flexibility index (Phi) is 7.00. The van der Waals surface area contributed by atoms with Crippen LogP contribution in [0.2, 0.25) is 0 Å². The molecular formula is C24H34FN5O3S. The van der Waals surface area contributed by atoms with Crippen LogP contribution in [0.3, 0.4) is 0 Å². The highest BCUT2D eigenvalue weighted by molar-refractivity contribution is 7.91. The fourth-order valence-corrected chi connectivity index (χ4v) is 6.21. The van der Waals surface area contributed by atoms with Gasteiger partial charge in [-0.3, -0.25) is 10.2 Å². The number of carbonyl (C=O) groups excluding carboxylic acids is 1. The zero-order chi connectivity index (χ0) is 24.5. The number of anilines is 1. The first-order chi connectivity index (χ1) is 16.0. The summed E-state index contributed by atoms with van der Waals surface area (Å²) in [5.41, 5.74) is 1.65. The molecule has 0 saturated carbocycles. The largest absolute Gasteiger partial charge is 0.335 e. The van der Waals surface area contributed by atoms with Crippen LogP contribution in [0.1, 0.15) is 57.3 Å². The van der Waals surface area contributed by atoms with Gasteiger partial charge in [0.25, 0.3) is 0 Å². The third-order valence-corrected chi connectivity index (χ3v) is 8.29. The molecule has 186 valence electrons. The predicted molar refractivity (Wildman–Crippen MR) is 130 cm³/mol. The molecule has 8 nitrogen and oxygen atoms in total. The molecule has 2 N–H and O–H groups in total. The van der Waals surface area contributed by atoms with Gasteiger partial charge in [-0.1, -0.05) is 32.9 Å². The van der Waals surface area contributed by atoms with Crippen molar-refractivity contribution < 1.29 is 17.6 Å². The molecule has 2 aliphatic rings. The van der Waals surface area contributed by atoms with E-state index in [0.717, 1.165) is 43.7 Å². The lowest BCUT2D eigenvalue weighted by Crippen LogP contribution is -2.45. The van der Waals surface area contributed by atoms with Crippen molar-refractivity contribution >= 4 is 21.7 Å². The number of nitrogens with zero attached hydrogens (tertiary/aromatic N) is 3. The van der Waals surface area contributed by atoms with E-state index in [9.17, 15) is 17.6 Å². The summed E-state index contributed by atoms with van der Waals surface area (Å²) < 4.78 is 38.8. The minimum absolute atomic E-state index is 0.0427. The molecule has 0 aliphatic carbocycles. The summed E-state index contributed by atoms with van der Waals surface area (Å²) in [6.07, 6.45) is 2.14. The van der Waals surface area contributed by atoms with Crippen LogP contribution in [0.4, 0.5) is 15.0 Å². The number of piperidine rings is 1. The molecule has 2 saturated heterocycles. The second-order valence-electron chi connectivity index (χ2n) is 10.4. The average Bonchev–Trinajstić information content (AvgIpc) is 3.34. The molecule has 3 heterocycles. The molecule has 0 bridgehead atoms. The number of rotatable bonds is 5. The molecule has 34 heavy (non-hydrogen) atoms. The van der Waals surface area contributed by atoms with Crippen LogP contribution in [0.25, 0.3) is 0 Å². The number of hydrogen-bond acceptors (Lipinski definition) is 5. The summed E-state index contributed by atoms with van der Waals surface area (Å²) in [4.78, 5) is 15.1. The van der Waals surface area contributed by atoms with Crippen molar-refractivity contribution in [2.75, 3.05) is 29.9 Å². The Balaban J connectivity index is 1.35. The Morgan fingerprint density at radius 3 is 2.41 bits per heavy atom. The molecule has 0 spiro atoms. The van der Waals surface area contributed by atoms with E-state index in [1.807, 2.05) is 26.8 Å². The summed E-state index contributed by atoms with van der Waals surface area (Å²) in [5.74, 6) is 0.479. The van der Waals surface area contributed by atoms with E-state index in [1.165, 1.54) is 12.1 Å².